The summed E-state index contributed by atoms with van der Waals surface area (Å²) in [5, 5.41) is 0.822. The second-order valence-corrected chi connectivity index (χ2v) is 4.95. The molecule has 0 amide bonds. The van der Waals surface area contributed by atoms with Crippen molar-refractivity contribution in [2.45, 2.75) is 6.61 Å². The Morgan fingerprint density at radius 1 is 0.950 bits per heavy atom. The van der Waals surface area contributed by atoms with Gasteiger partial charge in [-0.05, 0) is 24.3 Å². The summed E-state index contributed by atoms with van der Waals surface area (Å²) in [5.74, 6) is 0.123. The summed E-state index contributed by atoms with van der Waals surface area (Å²) >= 11 is 11.9. The zero-order chi connectivity index (χ0) is 14.8. The molecule has 2 aromatic carbocycles. The smallest absolute Gasteiger partial charge is 0.489 e. The lowest BCUT2D eigenvalue weighted by Crippen LogP contribution is -2.33. The maximum Gasteiger partial charge on any atom is 0.509 e. The van der Waals surface area contributed by atoms with Crippen molar-refractivity contribution in [2.24, 2.45) is 0 Å². The maximum absolute atomic E-state index is 12.6. The normalized spacial score (nSPS) is 11.4. The van der Waals surface area contributed by atoms with Crippen LogP contribution >= 0.6 is 23.2 Å². The van der Waals surface area contributed by atoms with Gasteiger partial charge in [0.1, 0.15) is 12.4 Å². The molecule has 0 saturated heterocycles. The molecule has 0 aromatic heterocycles. The van der Waals surface area contributed by atoms with Gasteiger partial charge in [-0.3, -0.25) is 0 Å². The molecule has 0 N–H and O–H groups in total. The van der Waals surface area contributed by atoms with Gasteiger partial charge in [0, 0.05) is 15.6 Å². The summed E-state index contributed by atoms with van der Waals surface area (Å²) in [6.07, 6.45) is 0. The van der Waals surface area contributed by atoms with E-state index in [1.807, 2.05) is 0 Å². The van der Waals surface area contributed by atoms with Crippen molar-refractivity contribution in [1.82, 2.24) is 0 Å². The summed E-state index contributed by atoms with van der Waals surface area (Å²) in [6, 6.07) is 9.69. The van der Waals surface area contributed by atoms with Gasteiger partial charge in [0.25, 0.3) is 0 Å². The molecule has 2 rings (SSSR count). The lowest BCUT2D eigenvalue weighted by molar-refractivity contribution is 0.306. The predicted molar refractivity (Wildman–Crippen MR) is 75.9 cm³/mol. The molecule has 106 valence electrons. The van der Waals surface area contributed by atoms with Crippen molar-refractivity contribution in [2.75, 3.05) is 0 Å². The van der Waals surface area contributed by atoms with Gasteiger partial charge < -0.3 is 17.7 Å². The number of hydrogen-bond donors (Lipinski definition) is 0. The first-order valence-corrected chi connectivity index (χ1v) is 6.49. The molecule has 0 unspecified atom stereocenters. The minimum absolute atomic E-state index is 0.00676. The Hall–Kier alpha value is -1.33. The quantitative estimate of drug-likeness (QED) is 0.747. The molecule has 1 nitrogen and oxygen atoms in total. The standard InChI is InChI=1S/C13H9BCl2F3O/c15-12-5-2-6-13(16)11(12)8-20-10-4-1-3-9(7-10)14(17,18)19/h1-7H,8H2/q-1. The second kappa shape index (κ2) is 5.98. The fourth-order valence-corrected chi connectivity index (χ4v) is 2.14. The zero-order valence-electron chi connectivity index (χ0n) is 10.1. The van der Waals surface area contributed by atoms with Crippen LogP contribution in [0.4, 0.5) is 12.9 Å². The van der Waals surface area contributed by atoms with Gasteiger partial charge in [0.15, 0.2) is 0 Å². The molecule has 0 bridgehead atoms. The number of ether oxygens (including phenoxy) is 1. The van der Waals surface area contributed by atoms with Gasteiger partial charge in [-0.25, -0.2) is 0 Å². The van der Waals surface area contributed by atoms with Crippen molar-refractivity contribution in [1.29, 1.82) is 0 Å². The van der Waals surface area contributed by atoms with E-state index in [9.17, 15) is 12.9 Å². The van der Waals surface area contributed by atoms with Crippen molar-refractivity contribution in [3.05, 3.63) is 58.1 Å². The fraction of sp³-hybridized carbons (Fsp3) is 0.0769. The number of halogens is 5. The van der Waals surface area contributed by atoms with E-state index >= 15 is 0 Å². The molecule has 0 saturated carbocycles. The van der Waals surface area contributed by atoms with E-state index in [0.717, 1.165) is 12.1 Å². The van der Waals surface area contributed by atoms with Crippen LogP contribution in [0.25, 0.3) is 0 Å². The van der Waals surface area contributed by atoms with Crippen LogP contribution in [0.1, 0.15) is 5.56 Å². The molecule has 0 aliphatic heterocycles. The van der Waals surface area contributed by atoms with Gasteiger partial charge >= 0.3 is 6.98 Å². The lowest BCUT2D eigenvalue weighted by atomic mass is 9.80. The maximum atomic E-state index is 12.6. The van der Waals surface area contributed by atoms with E-state index in [-0.39, 0.29) is 12.4 Å². The third kappa shape index (κ3) is 3.61. The highest BCUT2D eigenvalue weighted by Crippen LogP contribution is 2.25. The molecule has 0 spiro atoms. The zero-order valence-corrected chi connectivity index (χ0v) is 11.6. The highest BCUT2D eigenvalue weighted by molar-refractivity contribution is 6.73. The summed E-state index contributed by atoms with van der Waals surface area (Å²) in [7, 11) is 0. The van der Waals surface area contributed by atoms with E-state index < -0.39 is 12.4 Å². The van der Waals surface area contributed by atoms with Crippen molar-refractivity contribution in [3.63, 3.8) is 0 Å². The molecule has 7 heteroatoms. The van der Waals surface area contributed by atoms with E-state index in [1.165, 1.54) is 12.1 Å². The average Bonchev–Trinajstić information content (AvgIpc) is 2.37. The van der Waals surface area contributed by atoms with E-state index in [4.69, 9.17) is 27.9 Å². The molecular formula is C13H9BCl2F3O-. The molecule has 2 aromatic rings. The summed E-state index contributed by atoms with van der Waals surface area (Å²) in [5.41, 5.74) is -0.161. The first-order valence-electron chi connectivity index (χ1n) is 5.73. The highest BCUT2D eigenvalue weighted by Gasteiger charge is 2.25. The molecule has 0 heterocycles. The van der Waals surface area contributed by atoms with E-state index in [2.05, 4.69) is 0 Å². The SMILES string of the molecule is F[B-](F)(F)c1cccc(OCc2c(Cl)cccc2Cl)c1. The molecule has 0 aliphatic carbocycles. The monoisotopic (exact) mass is 319 g/mol. The van der Waals surface area contributed by atoms with Crippen LogP contribution in [0.5, 0.6) is 5.75 Å². The fourth-order valence-electron chi connectivity index (χ4n) is 1.63. The molecule has 0 atom stereocenters. The average molecular weight is 320 g/mol. The minimum atomic E-state index is -5.04. The Labute approximate surface area is 124 Å². The van der Waals surface area contributed by atoms with Crippen molar-refractivity contribution < 1.29 is 17.7 Å². The van der Waals surface area contributed by atoms with Crippen molar-refractivity contribution in [3.8, 4) is 5.75 Å². The Morgan fingerprint density at radius 3 is 2.15 bits per heavy atom. The molecule has 0 radical (unpaired) electrons. The lowest BCUT2D eigenvalue weighted by Gasteiger charge is -2.16. The van der Waals surface area contributed by atoms with Gasteiger partial charge in [-0.1, -0.05) is 41.4 Å². The van der Waals surface area contributed by atoms with Crippen LogP contribution < -0.4 is 10.2 Å². The highest BCUT2D eigenvalue weighted by atomic mass is 35.5. The third-order valence-corrected chi connectivity index (χ3v) is 3.39. The van der Waals surface area contributed by atoms with Crippen LogP contribution in [-0.2, 0) is 6.61 Å². The number of benzene rings is 2. The van der Waals surface area contributed by atoms with Gasteiger partial charge in [0.05, 0.1) is 0 Å². The Balaban J connectivity index is 2.16. The van der Waals surface area contributed by atoms with Crippen LogP contribution in [0.3, 0.4) is 0 Å². The van der Waals surface area contributed by atoms with Crippen LogP contribution in [0.15, 0.2) is 42.5 Å². The van der Waals surface area contributed by atoms with Gasteiger partial charge in [-0.15, -0.1) is 5.46 Å². The summed E-state index contributed by atoms with van der Waals surface area (Å²) in [6.45, 7) is -5.04. The van der Waals surface area contributed by atoms with E-state index in [1.54, 1.807) is 18.2 Å². The van der Waals surface area contributed by atoms with Crippen LogP contribution in [0, 0.1) is 0 Å². The second-order valence-electron chi connectivity index (χ2n) is 4.14. The number of hydrogen-bond acceptors (Lipinski definition) is 1. The largest absolute Gasteiger partial charge is 0.509 e. The minimum Gasteiger partial charge on any atom is -0.489 e. The first-order chi connectivity index (χ1) is 9.38. The van der Waals surface area contributed by atoms with Gasteiger partial charge in [0.2, 0.25) is 0 Å². The molecule has 0 aliphatic rings. The Bertz CT molecular complexity index is 597. The number of rotatable bonds is 4. The topological polar surface area (TPSA) is 9.23 Å². The van der Waals surface area contributed by atoms with Gasteiger partial charge in [-0.2, -0.15) is 0 Å². The summed E-state index contributed by atoms with van der Waals surface area (Å²) in [4.78, 5) is 0. The van der Waals surface area contributed by atoms with Crippen LogP contribution in [-0.4, -0.2) is 6.98 Å². The third-order valence-electron chi connectivity index (χ3n) is 2.68. The first kappa shape index (κ1) is 15.1. The van der Waals surface area contributed by atoms with Crippen LogP contribution in [0.2, 0.25) is 10.0 Å². The Morgan fingerprint density at radius 2 is 1.55 bits per heavy atom. The molecular weight excluding hydrogens is 311 g/mol. The van der Waals surface area contributed by atoms with Crippen molar-refractivity contribution >= 4 is 35.6 Å². The molecule has 0 fully saturated rings. The van der Waals surface area contributed by atoms with E-state index in [0.29, 0.717) is 15.6 Å². The predicted octanol–water partition coefficient (Wildman–Crippen LogP) is 4.63. The molecule has 20 heavy (non-hydrogen) atoms. The summed E-state index contributed by atoms with van der Waals surface area (Å²) < 4.78 is 43.2. The Kier molecular flexibility index (Phi) is 4.50.